The van der Waals surface area contributed by atoms with Gasteiger partial charge in [-0.3, -0.25) is 19.7 Å². The van der Waals surface area contributed by atoms with E-state index in [4.69, 9.17) is 32.9 Å². The summed E-state index contributed by atoms with van der Waals surface area (Å²) in [7, 11) is 1.68. The minimum absolute atomic E-state index is 0.111. The summed E-state index contributed by atoms with van der Waals surface area (Å²) in [6.07, 6.45) is 3.70. The maximum atomic E-state index is 11.8. The number of nitrogens with one attached hydrogen (secondary N) is 1. The number of benzene rings is 3. The predicted octanol–water partition coefficient (Wildman–Crippen LogP) is 6.97. The largest absolute Gasteiger partial charge is 0.487 e. The van der Waals surface area contributed by atoms with Gasteiger partial charge < -0.3 is 14.5 Å². The molecule has 1 aromatic heterocycles. The SMILES string of the molecule is CC(=O)N(C)c1ccc(Cl)c(COc2cccc3c(N4CCCCC4)cc(C)nc23)c1Cl.O=C1NC(=O)c2ccccc21. The number of pyridine rings is 1. The van der Waals surface area contributed by atoms with Crippen LogP contribution in [0.3, 0.4) is 0 Å². The van der Waals surface area contributed by atoms with Gasteiger partial charge in [0.1, 0.15) is 17.9 Å². The molecule has 3 aromatic carbocycles. The molecule has 0 saturated carbocycles. The molecule has 222 valence electrons. The van der Waals surface area contributed by atoms with Crippen LogP contribution in [0.15, 0.2) is 60.7 Å². The van der Waals surface area contributed by atoms with Crippen LogP contribution in [-0.4, -0.2) is 42.8 Å². The van der Waals surface area contributed by atoms with Gasteiger partial charge in [-0.05, 0) is 62.6 Å². The Bertz CT molecular complexity index is 1690. The summed E-state index contributed by atoms with van der Waals surface area (Å²) in [5, 5.41) is 4.19. The predicted molar refractivity (Wildman–Crippen MR) is 171 cm³/mol. The first-order chi connectivity index (χ1) is 20.7. The lowest BCUT2D eigenvalue weighted by Crippen LogP contribution is -2.29. The second-order valence-electron chi connectivity index (χ2n) is 10.5. The first-order valence-electron chi connectivity index (χ1n) is 14.1. The number of piperidine rings is 1. The van der Waals surface area contributed by atoms with E-state index in [0.717, 1.165) is 29.7 Å². The Morgan fingerprint density at radius 2 is 1.65 bits per heavy atom. The molecule has 0 bridgehead atoms. The molecule has 0 radical (unpaired) electrons. The molecule has 43 heavy (non-hydrogen) atoms. The number of carbonyl (C=O) groups excluding carboxylic acids is 3. The van der Waals surface area contributed by atoms with Crippen LogP contribution in [0.25, 0.3) is 10.9 Å². The highest BCUT2D eigenvalue weighted by Crippen LogP contribution is 2.37. The summed E-state index contributed by atoms with van der Waals surface area (Å²) in [6, 6.07) is 18.4. The van der Waals surface area contributed by atoms with Crippen molar-refractivity contribution in [1.82, 2.24) is 10.3 Å². The molecule has 2 aliphatic rings. The highest BCUT2D eigenvalue weighted by Gasteiger charge is 2.25. The van der Waals surface area contributed by atoms with E-state index in [0.29, 0.717) is 38.2 Å². The number of hydrogen-bond donors (Lipinski definition) is 1. The Balaban J connectivity index is 0.000000279. The third-order valence-corrected chi connectivity index (χ3v) is 8.40. The van der Waals surface area contributed by atoms with Crippen LogP contribution >= 0.6 is 23.2 Å². The summed E-state index contributed by atoms with van der Waals surface area (Å²) in [6.45, 7) is 5.80. The lowest BCUT2D eigenvalue weighted by atomic mass is 10.1. The molecular weight excluding hydrogens is 587 g/mol. The molecule has 0 aliphatic carbocycles. The lowest BCUT2D eigenvalue weighted by molar-refractivity contribution is -0.116. The van der Waals surface area contributed by atoms with Gasteiger partial charge in [0.05, 0.1) is 21.8 Å². The van der Waals surface area contributed by atoms with Crippen molar-refractivity contribution >= 4 is 63.2 Å². The number of para-hydroxylation sites is 1. The van der Waals surface area contributed by atoms with Gasteiger partial charge in [-0.15, -0.1) is 0 Å². The van der Waals surface area contributed by atoms with E-state index in [1.54, 1.807) is 43.4 Å². The Labute approximate surface area is 260 Å². The maximum Gasteiger partial charge on any atom is 0.258 e. The average molecular weight is 620 g/mol. The van der Waals surface area contributed by atoms with E-state index in [1.807, 2.05) is 19.1 Å². The second-order valence-corrected chi connectivity index (χ2v) is 11.3. The van der Waals surface area contributed by atoms with Crippen LogP contribution in [0.4, 0.5) is 11.4 Å². The Kier molecular flexibility index (Phi) is 9.18. The van der Waals surface area contributed by atoms with Gasteiger partial charge in [0.25, 0.3) is 11.8 Å². The minimum atomic E-state index is -0.300. The topological polar surface area (TPSA) is 91.8 Å². The third-order valence-electron chi connectivity index (χ3n) is 7.62. The van der Waals surface area contributed by atoms with Gasteiger partial charge in [0.2, 0.25) is 5.91 Å². The number of ether oxygens (including phenoxy) is 1. The molecule has 10 heteroatoms. The van der Waals surface area contributed by atoms with Crippen molar-refractivity contribution in [3.05, 3.63) is 93.1 Å². The number of amides is 3. The fourth-order valence-corrected chi connectivity index (χ4v) is 5.86. The molecule has 2 aliphatic heterocycles. The monoisotopic (exact) mass is 618 g/mol. The molecule has 3 heterocycles. The van der Waals surface area contributed by atoms with Crippen molar-refractivity contribution in [3.63, 3.8) is 0 Å². The van der Waals surface area contributed by atoms with E-state index < -0.39 is 0 Å². The average Bonchev–Trinajstić information content (AvgIpc) is 3.30. The van der Waals surface area contributed by atoms with Gasteiger partial charge in [-0.1, -0.05) is 47.5 Å². The number of rotatable bonds is 5. The van der Waals surface area contributed by atoms with Crippen LogP contribution in [-0.2, 0) is 11.4 Å². The van der Waals surface area contributed by atoms with Crippen LogP contribution in [0, 0.1) is 6.92 Å². The minimum Gasteiger partial charge on any atom is -0.487 e. The molecule has 1 fully saturated rings. The number of carbonyl (C=O) groups is 3. The van der Waals surface area contributed by atoms with Crippen LogP contribution in [0.1, 0.15) is 58.2 Å². The molecule has 4 aromatic rings. The summed E-state index contributed by atoms with van der Waals surface area (Å²) in [4.78, 5) is 42.4. The zero-order valence-electron chi connectivity index (χ0n) is 24.2. The first-order valence-corrected chi connectivity index (χ1v) is 14.8. The maximum absolute atomic E-state index is 11.8. The van der Waals surface area contributed by atoms with Crippen molar-refractivity contribution in [2.24, 2.45) is 0 Å². The zero-order chi connectivity index (χ0) is 30.7. The molecule has 3 amide bonds. The van der Waals surface area contributed by atoms with Gasteiger partial charge in [0, 0.05) is 54.4 Å². The molecule has 1 N–H and O–H groups in total. The number of nitrogens with zero attached hydrogens (tertiary/aromatic N) is 3. The lowest BCUT2D eigenvalue weighted by Gasteiger charge is -2.30. The number of anilines is 2. The molecular formula is C33H32Cl2N4O4. The van der Waals surface area contributed by atoms with Gasteiger partial charge in [-0.25, -0.2) is 4.98 Å². The highest BCUT2D eigenvalue weighted by molar-refractivity contribution is 6.38. The molecule has 8 nitrogen and oxygen atoms in total. The summed E-state index contributed by atoms with van der Waals surface area (Å²) < 4.78 is 6.21. The molecule has 0 unspecified atom stereocenters. The van der Waals surface area contributed by atoms with E-state index in [1.165, 1.54) is 36.8 Å². The fourth-order valence-electron chi connectivity index (χ4n) is 5.25. The van der Waals surface area contributed by atoms with Crippen molar-refractivity contribution in [3.8, 4) is 5.75 Å². The van der Waals surface area contributed by atoms with Gasteiger partial charge >= 0.3 is 0 Å². The Hall–Kier alpha value is -4.14. The van der Waals surface area contributed by atoms with Crippen molar-refractivity contribution in [1.29, 1.82) is 0 Å². The quantitative estimate of drug-likeness (QED) is 0.243. The number of halogens is 2. The molecule has 1 saturated heterocycles. The third kappa shape index (κ3) is 6.45. The van der Waals surface area contributed by atoms with Crippen LogP contribution < -0.4 is 19.9 Å². The van der Waals surface area contributed by atoms with Crippen molar-refractivity contribution in [2.75, 3.05) is 29.9 Å². The highest BCUT2D eigenvalue weighted by atomic mass is 35.5. The summed E-state index contributed by atoms with van der Waals surface area (Å²) >= 11 is 13.0. The van der Waals surface area contributed by atoms with Gasteiger partial charge in [0.15, 0.2) is 0 Å². The van der Waals surface area contributed by atoms with Crippen LogP contribution in [0.5, 0.6) is 5.75 Å². The normalized spacial score (nSPS) is 14.1. The summed E-state index contributed by atoms with van der Waals surface area (Å²) in [5.41, 5.74) is 5.17. The standard InChI is InChI=1S/C25H27Cl2N3O2.C8H5NO2/c1-16-14-22(30-12-5-4-6-13-30)18-8-7-9-23(25(18)28-16)32-15-19-20(26)10-11-21(24(19)27)29(3)17(2)31;10-7-5-3-1-2-4-6(5)8(11)9-7/h7-11,14H,4-6,12-13,15H2,1-3H3;1-4H,(H,9,10,11). The number of aryl methyl sites for hydroxylation is 1. The van der Waals surface area contributed by atoms with E-state index in [2.05, 4.69) is 22.3 Å². The smallest absolute Gasteiger partial charge is 0.258 e. The Morgan fingerprint density at radius 1 is 0.977 bits per heavy atom. The van der Waals surface area contributed by atoms with E-state index in [9.17, 15) is 14.4 Å². The number of aromatic nitrogens is 1. The van der Waals surface area contributed by atoms with Crippen molar-refractivity contribution in [2.45, 2.75) is 39.7 Å². The van der Waals surface area contributed by atoms with Crippen LogP contribution in [0.2, 0.25) is 10.0 Å². The second kappa shape index (κ2) is 13.0. The number of fused-ring (bicyclic) bond motifs is 2. The van der Waals surface area contributed by atoms with E-state index in [-0.39, 0.29) is 24.3 Å². The molecule has 6 rings (SSSR count). The molecule has 0 atom stereocenters. The first kappa shape index (κ1) is 30.3. The fraction of sp³-hybridized carbons (Fsp3) is 0.273. The zero-order valence-corrected chi connectivity index (χ0v) is 25.8. The Morgan fingerprint density at radius 3 is 2.30 bits per heavy atom. The summed E-state index contributed by atoms with van der Waals surface area (Å²) in [5.74, 6) is -0.0295. The molecule has 0 spiro atoms. The number of hydrogen-bond acceptors (Lipinski definition) is 6. The van der Waals surface area contributed by atoms with E-state index >= 15 is 0 Å². The van der Waals surface area contributed by atoms with Gasteiger partial charge in [-0.2, -0.15) is 0 Å². The van der Waals surface area contributed by atoms with Crippen molar-refractivity contribution < 1.29 is 19.1 Å². The number of imide groups is 1.